The quantitative estimate of drug-likeness (QED) is 0.656. The van der Waals surface area contributed by atoms with Crippen molar-refractivity contribution in [2.24, 2.45) is 0 Å². The highest BCUT2D eigenvalue weighted by atomic mass is 35.5. The number of benzene rings is 1. The molecule has 0 radical (unpaired) electrons. The van der Waals surface area contributed by atoms with Crippen molar-refractivity contribution in [2.75, 3.05) is 5.73 Å². The summed E-state index contributed by atoms with van der Waals surface area (Å²) in [4.78, 5) is 13.7. The summed E-state index contributed by atoms with van der Waals surface area (Å²) in [5.41, 5.74) is 8.67. The van der Waals surface area contributed by atoms with Crippen LogP contribution >= 0.6 is 11.6 Å². The molecule has 0 fully saturated rings. The molecule has 2 aromatic heterocycles. The number of aryl methyl sites for hydroxylation is 1. The van der Waals surface area contributed by atoms with Gasteiger partial charge in [-0.05, 0) is 13.0 Å². The molecule has 3 N–H and O–H groups in total. The lowest BCUT2D eigenvalue weighted by atomic mass is 10.2. The molecule has 18 heavy (non-hydrogen) atoms. The topological polar surface area (TPSA) is 89.8 Å². The van der Waals surface area contributed by atoms with Crippen LogP contribution in [0.4, 0.5) is 5.69 Å². The van der Waals surface area contributed by atoms with Crippen LogP contribution in [0.5, 0.6) is 0 Å². The van der Waals surface area contributed by atoms with Crippen LogP contribution in [-0.2, 0) is 0 Å². The molecule has 6 nitrogen and oxygen atoms in total. The standard InChI is InChI=1S/C11H9ClN4O2/c1-5-6(12)4-16(15-5)9-3-8-10(2-7(9)13)18-11(17)14-8/h2-4H,13H2,1H3,(H,14,17). The van der Waals surface area contributed by atoms with Crippen molar-refractivity contribution in [3.63, 3.8) is 0 Å². The van der Waals surface area contributed by atoms with Crippen LogP contribution in [-0.4, -0.2) is 14.8 Å². The Hall–Kier alpha value is -2.21. The van der Waals surface area contributed by atoms with E-state index >= 15 is 0 Å². The average molecular weight is 265 g/mol. The van der Waals surface area contributed by atoms with Gasteiger partial charge in [0.25, 0.3) is 0 Å². The number of oxazole rings is 1. The summed E-state index contributed by atoms with van der Waals surface area (Å²) in [5, 5.41) is 4.79. The monoisotopic (exact) mass is 264 g/mol. The van der Waals surface area contributed by atoms with E-state index < -0.39 is 5.76 Å². The molecule has 0 aliphatic carbocycles. The van der Waals surface area contributed by atoms with Gasteiger partial charge >= 0.3 is 5.76 Å². The van der Waals surface area contributed by atoms with Crippen molar-refractivity contribution in [3.05, 3.63) is 39.6 Å². The maximum Gasteiger partial charge on any atom is 0.417 e. The lowest BCUT2D eigenvalue weighted by Gasteiger charge is -2.04. The van der Waals surface area contributed by atoms with Crippen LogP contribution in [0.25, 0.3) is 16.8 Å². The fraction of sp³-hybridized carbons (Fsp3) is 0.0909. The lowest BCUT2D eigenvalue weighted by Crippen LogP contribution is -2.00. The van der Waals surface area contributed by atoms with Crippen LogP contribution in [0.1, 0.15) is 5.69 Å². The fourth-order valence-corrected chi connectivity index (χ4v) is 1.89. The van der Waals surface area contributed by atoms with E-state index in [0.29, 0.717) is 33.2 Å². The van der Waals surface area contributed by atoms with Crippen molar-refractivity contribution < 1.29 is 4.42 Å². The van der Waals surface area contributed by atoms with Crippen molar-refractivity contribution >= 4 is 28.4 Å². The minimum atomic E-state index is -0.517. The first kappa shape index (κ1) is 10.9. The molecule has 0 aliphatic rings. The molecule has 3 rings (SSSR count). The third-order valence-corrected chi connectivity index (χ3v) is 3.03. The van der Waals surface area contributed by atoms with Crippen LogP contribution < -0.4 is 11.5 Å². The van der Waals surface area contributed by atoms with Crippen LogP contribution in [0.3, 0.4) is 0 Å². The van der Waals surface area contributed by atoms with Gasteiger partial charge in [0, 0.05) is 12.3 Å². The summed E-state index contributed by atoms with van der Waals surface area (Å²) in [7, 11) is 0. The Kier molecular flexibility index (Phi) is 2.21. The first-order valence-corrected chi connectivity index (χ1v) is 5.57. The molecule has 3 aromatic rings. The number of nitrogens with zero attached hydrogens (tertiary/aromatic N) is 2. The second-order valence-corrected chi connectivity index (χ2v) is 4.34. The molecular formula is C11H9ClN4O2. The van der Waals surface area contributed by atoms with Crippen molar-refractivity contribution in [1.82, 2.24) is 14.8 Å². The van der Waals surface area contributed by atoms with E-state index in [2.05, 4.69) is 10.1 Å². The smallest absolute Gasteiger partial charge is 0.408 e. The number of nitrogens with one attached hydrogen (secondary N) is 1. The maximum absolute atomic E-state index is 11.1. The van der Waals surface area contributed by atoms with Crippen molar-refractivity contribution in [3.8, 4) is 5.69 Å². The minimum absolute atomic E-state index is 0.413. The molecule has 92 valence electrons. The summed E-state index contributed by atoms with van der Waals surface area (Å²) in [5.74, 6) is -0.517. The number of H-pyrrole nitrogens is 1. The van der Waals surface area contributed by atoms with Crippen molar-refractivity contribution in [1.29, 1.82) is 0 Å². The summed E-state index contributed by atoms with van der Waals surface area (Å²) in [6, 6.07) is 3.27. The Balaban J connectivity index is 2.27. The molecule has 0 saturated heterocycles. The van der Waals surface area contributed by atoms with E-state index in [4.69, 9.17) is 21.8 Å². The third kappa shape index (κ3) is 1.58. The van der Waals surface area contributed by atoms with Crippen LogP contribution in [0.15, 0.2) is 27.5 Å². The number of hydrogen-bond acceptors (Lipinski definition) is 4. The zero-order chi connectivity index (χ0) is 12.9. The predicted molar refractivity (Wildman–Crippen MR) is 68.1 cm³/mol. The van der Waals surface area contributed by atoms with E-state index in [1.165, 1.54) is 0 Å². The van der Waals surface area contributed by atoms with Gasteiger partial charge in [-0.25, -0.2) is 9.48 Å². The van der Waals surface area contributed by atoms with Crippen LogP contribution in [0.2, 0.25) is 5.02 Å². The van der Waals surface area contributed by atoms with Crippen LogP contribution in [0, 0.1) is 6.92 Å². The van der Waals surface area contributed by atoms with Gasteiger partial charge in [0.05, 0.1) is 27.6 Å². The van der Waals surface area contributed by atoms with Gasteiger partial charge in [-0.2, -0.15) is 5.10 Å². The van der Waals surface area contributed by atoms with E-state index in [-0.39, 0.29) is 0 Å². The third-order valence-electron chi connectivity index (χ3n) is 2.65. The van der Waals surface area contributed by atoms with E-state index in [1.807, 2.05) is 0 Å². The van der Waals surface area contributed by atoms with Crippen molar-refractivity contribution in [2.45, 2.75) is 6.92 Å². The Morgan fingerprint density at radius 1 is 1.50 bits per heavy atom. The average Bonchev–Trinajstić information content (AvgIpc) is 2.80. The molecule has 1 aromatic carbocycles. The molecule has 0 saturated carbocycles. The second-order valence-electron chi connectivity index (χ2n) is 3.93. The maximum atomic E-state index is 11.1. The number of rotatable bonds is 1. The van der Waals surface area contributed by atoms with E-state index in [1.54, 1.807) is 29.9 Å². The highest BCUT2D eigenvalue weighted by molar-refractivity contribution is 6.31. The number of hydrogen-bond donors (Lipinski definition) is 2. The molecule has 0 bridgehead atoms. The van der Waals surface area contributed by atoms with E-state index in [0.717, 1.165) is 0 Å². The van der Waals surface area contributed by atoms with Gasteiger partial charge in [0.15, 0.2) is 5.58 Å². The molecule has 7 heteroatoms. The molecule has 0 amide bonds. The normalized spacial score (nSPS) is 11.2. The SMILES string of the molecule is Cc1nn(-c2cc3[nH]c(=O)oc3cc2N)cc1Cl. The number of aromatic amines is 1. The second kappa shape index (κ2) is 3.64. The predicted octanol–water partition coefficient (Wildman–Crippen LogP) is 1.85. The zero-order valence-electron chi connectivity index (χ0n) is 9.40. The Bertz CT molecular complexity index is 780. The fourth-order valence-electron chi connectivity index (χ4n) is 1.76. The molecular weight excluding hydrogens is 256 g/mol. The van der Waals surface area contributed by atoms with Gasteiger partial charge < -0.3 is 10.2 Å². The lowest BCUT2D eigenvalue weighted by molar-refractivity contribution is 0.555. The molecule has 0 aliphatic heterocycles. The zero-order valence-corrected chi connectivity index (χ0v) is 10.2. The van der Waals surface area contributed by atoms with Gasteiger partial charge in [-0.3, -0.25) is 4.98 Å². The number of anilines is 1. The number of aromatic nitrogens is 3. The van der Waals surface area contributed by atoms with Gasteiger partial charge in [0.2, 0.25) is 0 Å². The molecule has 2 heterocycles. The van der Waals surface area contributed by atoms with E-state index in [9.17, 15) is 4.79 Å². The Morgan fingerprint density at radius 2 is 2.28 bits per heavy atom. The molecule has 0 atom stereocenters. The summed E-state index contributed by atoms with van der Waals surface area (Å²) < 4.78 is 6.49. The molecule has 0 spiro atoms. The number of halogens is 1. The van der Waals surface area contributed by atoms with Gasteiger partial charge in [0.1, 0.15) is 0 Å². The first-order valence-electron chi connectivity index (χ1n) is 5.19. The summed E-state index contributed by atoms with van der Waals surface area (Å²) in [6.07, 6.45) is 1.66. The van der Waals surface area contributed by atoms with Gasteiger partial charge in [-0.15, -0.1) is 0 Å². The largest absolute Gasteiger partial charge is 0.417 e. The van der Waals surface area contributed by atoms with Gasteiger partial charge in [-0.1, -0.05) is 11.6 Å². The Morgan fingerprint density at radius 3 is 2.94 bits per heavy atom. The Labute approximate surface area is 106 Å². The minimum Gasteiger partial charge on any atom is -0.408 e. The molecule has 0 unspecified atom stereocenters. The highest BCUT2D eigenvalue weighted by Crippen LogP contribution is 2.24. The number of nitrogen functional groups attached to an aromatic ring is 1. The summed E-state index contributed by atoms with van der Waals surface area (Å²) in [6.45, 7) is 1.80. The number of nitrogens with two attached hydrogens (primary N) is 1. The highest BCUT2D eigenvalue weighted by Gasteiger charge is 2.10. The first-order chi connectivity index (χ1) is 8.54. The number of fused-ring (bicyclic) bond motifs is 1. The summed E-state index contributed by atoms with van der Waals surface area (Å²) >= 11 is 5.95.